The summed E-state index contributed by atoms with van der Waals surface area (Å²) < 4.78 is 1.03. The van der Waals surface area contributed by atoms with Crippen LogP contribution >= 0.6 is 12.2 Å². The molecule has 0 radical (unpaired) electrons. The number of hydrogen-bond donors (Lipinski definition) is 1. The fourth-order valence-electron chi connectivity index (χ4n) is 0.367. The Labute approximate surface area is 61.0 Å². The highest BCUT2D eigenvalue weighted by Gasteiger charge is 2.06. The molecule has 1 aromatic rings. The van der Waals surface area contributed by atoms with Gasteiger partial charge in [0.1, 0.15) is 6.33 Å². The van der Waals surface area contributed by atoms with Crippen LogP contribution < -0.4 is 5.73 Å². The van der Waals surface area contributed by atoms with E-state index in [1.807, 2.05) is 0 Å². The average Bonchev–Trinajstić information content (AvgIpc) is 2.36. The Hall–Kier alpha value is -1.37. The first-order valence-electron chi connectivity index (χ1n) is 2.29. The van der Waals surface area contributed by atoms with Gasteiger partial charge in [0, 0.05) is 0 Å². The first-order valence-corrected chi connectivity index (χ1v) is 2.70. The van der Waals surface area contributed by atoms with Gasteiger partial charge in [-0.05, 0) is 10.4 Å². The van der Waals surface area contributed by atoms with Crippen molar-refractivity contribution in [3.8, 4) is 0 Å². The first-order chi connectivity index (χ1) is 4.72. The van der Waals surface area contributed by atoms with E-state index in [0.717, 1.165) is 4.68 Å². The standard InChI is InChI=1S/C3H3N5OS/c4-2(9)3(10)8-1-5-6-7-8/h1H,(H2,4,9). The lowest BCUT2D eigenvalue weighted by atomic mass is 10.6. The van der Waals surface area contributed by atoms with E-state index in [-0.39, 0.29) is 4.99 Å². The number of carbonyl (C=O) groups is 1. The first kappa shape index (κ1) is 6.75. The van der Waals surface area contributed by atoms with Crippen molar-refractivity contribution in [3.05, 3.63) is 6.33 Å². The van der Waals surface area contributed by atoms with Crippen molar-refractivity contribution in [1.29, 1.82) is 0 Å². The molecule has 6 nitrogen and oxygen atoms in total. The maximum absolute atomic E-state index is 10.4. The van der Waals surface area contributed by atoms with Crippen LogP contribution in [0.5, 0.6) is 0 Å². The van der Waals surface area contributed by atoms with E-state index in [0.29, 0.717) is 0 Å². The highest BCUT2D eigenvalue weighted by Crippen LogP contribution is 1.78. The Balaban J connectivity index is 2.88. The van der Waals surface area contributed by atoms with Crippen LogP contribution in [0.2, 0.25) is 0 Å². The highest BCUT2D eigenvalue weighted by atomic mass is 32.1. The van der Waals surface area contributed by atoms with Crippen LogP contribution in [-0.2, 0) is 4.79 Å². The molecule has 1 aromatic heterocycles. The number of rotatable bonds is 0. The molecule has 0 spiro atoms. The zero-order chi connectivity index (χ0) is 7.56. The van der Waals surface area contributed by atoms with Crippen LogP contribution in [0.3, 0.4) is 0 Å². The van der Waals surface area contributed by atoms with E-state index >= 15 is 0 Å². The summed E-state index contributed by atoms with van der Waals surface area (Å²) in [6.07, 6.45) is 1.20. The van der Waals surface area contributed by atoms with Crippen LogP contribution in [-0.4, -0.2) is 31.1 Å². The molecule has 0 fully saturated rings. The number of amides is 1. The van der Waals surface area contributed by atoms with E-state index in [1.165, 1.54) is 6.33 Å². The summed E-state index contributed by atoms with van der Waals surface area (Å²) in [4.78, 5) is 10.2. The summed E-state index contributed by atoms with van der Waals surface area (Å²) in [5.74, 6) is -0.720. The largest absolute Gasteiger partial charge is 0.364 e. The molecule has 10 heavy (non-hydrogen) atoms. The topological polar surface area (TPSA) is 86.7 Å². The van der Waals surface area contributed by atoms with Crippen LogP contribution in [0.1, 0.15) is 0 Å². The average molecular weight is 157 g/mol. The number of nitrogens with two attached hydrogens (primary N) is 1. The van der Waals surface area contributed by atoms with Crippen molar-refractivity contribution in [2.75, 3.05) is 0 Å². The summed E-state index contributed by atoms with van der Waals surface area (Å²) in [5.41, 5.74) is 4.83. The number of carbonyl (C=O) groups excluding carboxylic acids is 1. The number of primary amides is 1. The van der Waals surface area contributed by atoms with Gasteiger partial charge in [-0.25, -0.2) is 0 Å². The normalized spacial score (nSPS) is 9.20. The molecule has 1 rings (SSSR count). The van der Waals surface area contributed by atoms with Gasteiger partial charge in [0.25, 0.3) is 5.91 Å². The van der Waals surface area contributed by atoms with Gasteiger partial charge in [0.2, 0.25) is 0 Å². The minimum atomic E-state index is -0.720. The van der Waals surface area contributed by atoms with Crippen LogP contribution in [0.4, 0.5) is 0 Å². The van der Waals surface area contributed by atoms with E-state index < -0.39 is 5.91 Å². The molecule has 0 aliphatic rings. The second-order valence-electron chi connectivity index (χ2n) is 1.42. The zero-order valence-electron chi connectivity index (χ0n) is 4.76. The van der Waals surface area contributed by atoms with E-state index in [2.05, 4.69) is 27.7 Å². The Morgan fingerprint density at radius 1 is 1.70 bits per heavy atom. The molecule has 52 valence electrons. The number of thiocarbonyl (C=S) groups is 1. The third kappa shape index (κ3) is 1.13. The molecule has 0 saturated heterocycles. The fraction of sp³-hybridized carbons (Fsp3) is 0. The van der Waals surface area contributed by atoms with Crippen LogP contribution in [0, 0.1) is 0 Å². The van der Waals surface area contributed by atoms with Gasteiger partial charge in [0.05, 0.1) is 0 Å². The predicted molar refractivity (Wildman–Crippen MR) is 35.0 cm³/mol. The number of hydrogen-bond acceptors (Lipinski definition) is 5. The summed E-state index contributed by atoms with van der Waals surface area (Å²) in [7, 11) is 0. The third-order valence-corrected chi connectivity index (χ3v) is 1.16. The van der Waals surface area contributed by atoms with Crippen molar-refractivity contribution in [3.63, 3.8) is 0 Å². The molecule has 0 aliphatic carbocycles. The quantitative estimate of drug-likeness (QED) is 0.455. The number of tetrazole rings is 1. The van der Waals surface area contributed by atoms with Crippen molar-refractivity contribution in [2.45, 2.75) is 0 Å². The maximum atomic E-state index is 10.4. The number of aromatic nitrogens is 4. The second kappa shape index (κ2) is 2.48. The molecule has 1 heterocycles. The molecular weight excluding hydrogens is 154 g/mol. The zero-order valence-corrected chi connectivity index (χ0v) is 5.58. The Morgan fingerprint density at radius 2 is 2.40 bits per heavy atom. The molecule has 1 amide bonds. The van der Waals surface area contributed by atoms with Crippen LogP contribution in [0.15, 0.2) is 6.33 Å². The fourth-order valence-corrected chi connectivity index (χ4v) is 0.451. The monoisotopic (exact) mass is 157 g/mol. The lowest BCUT2D eigenvalue weighted by Gasteiger charge is -1.92. The SMILES string of the molecule is NC(=O)C(=S)n1cnnn1. The predicted octanol–water partition coefficient (Wildman–Crippen LogP) is -1.67. The Morgan fingerprint density at radius 3 is 2.80 bits per heavy atom. The lowest BCUT2D eigenvalue weighted by Crippen LogP contribution is -2.28. The van der Waals surface area contributed by atoms with Crippen LogP contribution in [0.25, 0.3) is 0 Å². The number of nitrogens with zero attached hydrogens (tertiary/aromatic N) is 4. The molecule has 0 bridgehead atoms. The lowest BCUT2D eigenvalue weighted by molar-refractivity contribution is -0.112. The third-order valence-electron chi connectivity index (χ3n) is 0.768. The molecule has 0 aliphatic heterocycles. The molecule has 2 N–H and O–H groups in total. The molecular formula is C3H3N5OS. The van der Waals surface area contributed by atoms with Gasteiger partial charge in [-0.1, -0.05) is 12.2 Å². The van der Waals surface area contributed by atoms with Gasteiger partial charge in [0.15, 0.2) is 4.99 Å². The highest BCUT2D eigenvalue weighted by molar-refractivity contribution is 7.82. The smallest absolute Gasteiger partial charge is 0.278 e. The summed E-state index contributed by atoms with van der Waals surface area (Å²) in [5, 5.41) is 9.88. The van der Waals surface area contributed by atoms with E-state index in [9.17, 15) is 4.79 Å². The minimum Gasteiger partial charge on any atom is -0.364 e. The van der Waals surface area contributed by atoms with Gasteiger partial charge < -0.3 is 5.73 Å². The van der Waals surface area contributed by atoms with Gasteiger partial charge in [-0.3, -0.25) is 4.79 Å². The van der Waals surface area contributed by atoms with Gasteiger partial charge in [-0.15, -0.1) is 5.10 Å². The van der Waals surface area contributed by atoms with Crippen molar-refractivity contribution >= 4 is 23.1 Å². The summed E-state index contributed by atoms with van der Waals surface area (Å²) in [6, 6.07) is 0. The van der Waals surface area contributed by atoms with Crippen molar-refractivity contribution in [1.82, 2.24) is 20.2 Å². The van der Waals surface area contributed by atoms with E-state index in [4.69, 9.17) is 5.73 Å². The molecule has 0 atom stereocenters. The van der Waals surface area contributed by atoms with Crippen molar-refractivity contribution in [2.24, 2.45) is 5.73 Å². The second-order valence-corrected chi connectivity index (χ2v) is 1.81. The summed E-state index contributed by atoms with van der Waals surface area (Å²) >= 11 is 4.54. The molecule has 0 saturated carbocycles. The Kier molecular flexibility index (Phi) is 1.67. The minimum absolute atomic E-state index is 0.120. The molecule has 0 unspecified atom stereocenters. The Bertz CT molecular complexity index is 254. The van der Waals surface area contributed by atoms with Gasteiger partial charge >= 0.3 is 0 Å². The van der Waals surface area contributed by atoms with E-state index in [1.54, 1.807) is 0 Å². The maximum Gasteiger partial charge on any atom is 0.278 e. The molecule has 0 aromatic carbocycles. The van der Waals surface area contributed by atoms with Gasteiger partial charge in [-0.2, -0.15) is 4.68 Å². The molecule has 7 heteroatoms. The summed E-state index contributed by atoms with van der Waals surface area (Å²) in [6.45, 7) is 0. The van der Waals surface area contributed by atoms with Crippen molar-refractivity contribution < 1.29 is 4.79 Å².